The van der Waals surface area contributed by atoms with Gasteiger partial charge in [0.25, 0.3) is 0 Å². The molecular weight excluding hydrogens is 486 g/mol. The highest BCUT2D eigenvalue weighted by Gasteiger charge is 2.34. The molecule has 36 heavy (non-hydrogen) atoms. The lowest BCUT2D eigenvalue weighted by Crippen LogP contribution is -2.51. The minimum absolute atomic E-state index is 0.269. The first-order chi connectivity index (χ1) is 16.4. The van der Waals surface area contributed by atoms with Crippen molar-refractivity contribution in [2.75, 3.05) is 47.4 Å². The topological polar surface area (TPSA) is 254 Å². The quantitative estimate of drug-likeness (QED) is 0.138. The highest BCUT2D eigenvalue weighted by atomic mass is 16.4. The SMILES string of the molecule is C[N+](C)(C)CCO.O=C(O)C1CCCN1.O=C(O)C1CCCN1.O=C(O)CC(O)(CC(=O)O)C(=O)[O-]. The molecule has 0 bridgehead atoms. The number of quaternary nitrogens is 1. The van der Waals surface area contributed by atoms with Crippen molar-refractivity contribution in [2.24, 2.45) is 0 Å². The van der Waals surface area contributed by atoms with Crippen LogP contribution in [0.1, 0.15) is 38.5 Å². The molecular formula is C21H39N3O12. The molecule has 2 saturated heterocycles. The van der Waals surface area contributed by atoms with Gasteiger partial charge in [-0.2, -0.15) is 0 Å². The molecule has 2 atom stereocenters. The summed E-state index contributed by atoms with van der Waals surface area (Å²) in [6.45, 7) is 2.83. The van der Waals surface area contributed by atoms with E-state index in [0.717, 1.165) is 49.8 Å². The fourth-order valence-corrected chi connectivity index (χ4v) is 2.80. The van der Waals surface area contributed by atoms with Gasteiger partial charge in [-0.05, 0) is 38.8 Å². The van der Waals surface area contributed by atoms with Gasteiger partial charge in [0, 0.05) is 0 Å². The Kier molecular flexibility index (Phi) is 17.2. The number of carboxylic acid groups (broad SMARTS) is 5. The van der Waals surface area contributed by atoms with Crippen LogP contribution in [-0.4, -0.2) is 130 Å². The van der Waals surface area contributed by atoms with Gasteiger partial charge < -0.3 is 55.7 Å². The normalized spacial score (nSPS) is 18.8. The van der Waals surface area contributed by atoms with E-state index in [1.54, 1.807) is 0 Å². The zero-order chi connectivity index (χ0) is 28.5. The second-order valence-corrected chi connectivity index (χ2v) is 9.17. The second kappa shape index (κ2) is 17.6. The molecule has 0 amide bonds. The maximum absolute atomic E-state index is 10.2. The number of hydrogen-bond donors (Lipinski definition) is 8. The monoisotopic (exact) mass is 525 g/mol. The number of likely N-dealkylation sites (N-methyl/N-ethyl adjacent to an activating group) is 1. The van der Waals surface area contributed by atoms with Gasteiger partial charge in [0.2, 0.25) is 0 Å². The lowest BCUT2D eigenvalue weighted by atomic mass is 9.96. The Morgan fingerprint density at radius 3 is 1.31 bits per heavy atom. The van der Waals surface area contributed by atoms with Crippen molar-refractivity contribution in [2.45, 2.75) is 56.2 Å². The summed E-state index contributed by atoms with van der Waals surface area (Å²) < 4.78 is 0.844. The van der Waals surface area contributed by atoms with Crippen LogP contribution in [0.2, 0.25) is 0 Å². The van der Waals surface area contributed by atoms with Crippen molar-refractivity contribution in [1.82, 2.24) is 10.6 Å². The number of aliphatic hydroxyl groups is 2. The Morgan fingerprint density at radius 1 is 0.833 bits per heavy atom. The Morgan fingerprint density at radius 2 is 1.19 bits per heavy atom. The molecule has 0 spiro atoms. The first-order valence-corrected chi connectivity index (χ1v) is 11.2. The Hall–Kier alpha value is -2.85. The van der Waals surface area contributed by atoms with E-state index in [0.29, 0.717) is 0 Å². The van der Waals surface area contributed by atoms with Crippen LogP contribution >= 0.6 is 0 Å². The summed E-state index contributed by atoms with van der Waals surface area (Å²) in [5.41, 5.74) is -2.85. The highest BCUT2D eigenvalue weighted by Crippen LogP contribution is 2.14. The third-order valence-electron chi connectivity index (χ3n) is 4.75. The van der Waals surface area contributed by atoms with Crippen LogP contribution in [0.25, 0.3) is 0 Å². The first-order valence-electron chi connectivity index (χ1n) is 11.2. The summed E-state index contributed by atoms with van der Waals surface area (Å²) >= 11 is 0. The second-order valence-electron chi connectivity index (χ2n) is 9.17. The van der Waals surface area contributed by atoms with Gasteiger partial charge in [-0.3, -0.25) is 19.2 Å². The summed E-state index contributed by atoms with van der Waals surface area (Å²) in [5, 5.41) is 66.3. The number of aliphatic hydroxyl groups excluding tert-OH is 1. The van der Waals surface area contributed by atoms with Gasteiger partial charge in [-0.25, -0.2) is 0 Å². The van der Waals surface area contributed by atoms with Crippen molar-refractivity contribution >= 4 is 29.8 Å². The molecule has 2 heterocycles. The molecule has 0 aliphatic carbocycles. The van der Waals surface area contributed by atoms with E-state index in [1.807, 2.05) is 0 Å². The lowest BCUT2D eigenvalue weighted by molar-refractivity contribution is -0.870. The van der Waals surface area contributed by atoms with Crippen molar-refractivity contribution in [3.63, 3.8) is 0 Å². The van der Waals surface area contributed by atoms with Gasteiger partial charge in [0.05, 0.1) is 46.6 Å². The molecule has 2 fully saturated rings. The summed E-state index contributed by atoms with van der Waals surface area (Å²) in [4.78, 5) is 50.6. The van der Waals surface area contributed by atoms with Crippen molar-refractivity contribution in [3.8, 4) is 0 Å². The smallest absolute Gasteiger partial charge is 0.320 e. The fourth-order valence-electron chi connectivity index (χ4n) is 2.80. The van der Waals surface area contributed by atoms with Crippen LogP contribution in [0.4, 0.5) is 0 Å². The van der Waals surface area contributed by atoms with Crippen molar-refractivity contribution < 1.29 is 64.2 Å². The average Bonchev–Trinajstić information content (AvgIpc) is 3.42. The minimum atomic E-state index is -2.85. The van der Waals surface area contributed by atoms with Crippen LogP contribution in [0, 0.1) is 0 Å². The molecule has 0 aromatic carbocycles. The molecule has 0 aromatic rings. The van der Waals surface area contributed by atoms with Crippen LogP contribution < -0.4 is 15.7 Å². The number of rotatable bonds is 9. The van der Waals surface area contributed by atoms with Gasteiger partial charge in [0.1, 0.15) is 24.2 Å². The summed E-state index contributed by atoms with van der Waals surface area (Å²) in [6.07, 6.45) is 1.15. The largest absolute Gasteiger partial charge is 0.547 e. The van der Waals surface area contributed by atoms with Crippen LogP contribution in [0.5, 0.6) is 0 Å². The predicted octanol–water partition coefficient (Wildman–Crippen LogP) is -3.25. The van der Waals surface area contributed by atoms with Gasteiger partial charge >= 0.3 is 23.9 Å². The standard InChI is InChI=1S/C6H8O7.2C5H9NO2.C5H14NO/c7-3(8)1-6(13,5(11)12)2-4(9)10;2*7-5(8)4-2-1-3-6-4;1-6(2,3)4-5-7/h13H,1-2H2,(H,7,8)(H,9,10)(H,11,12);2*4,6H,1-3H2,(H,7,8);7H,4-5H2,1-3H3/q;;;+1/p-1. The summed E-state index contributed by atoms with van der Waals surface area (Å²) in [5.74, 6) is -6.79. The minimum Gasteiger partial charge on any atom is -0.547 e. The van der Waals surface area contributed by atoms with Crippen molar-refractivity contribution in [1.29, 1.82) is 0 Å². The zero-order valence-electron chi connectivity index (χ0n) is 20.8. The van der Waals surface area contributed by atoms with Crippen LogP contribution in [0.15, 0.2) is 0 Å². The van der Waals surface area contributed by atoms with Crippen molar-refractivity contribution in [3.05, 3.63) is 0 Å². The van der Waals surface area contributed by atoms with Gasteiger partial charge in [-0.1, -0.05) is 0 Å². The van der Waals surface area contributed by atoms with Crippen LogP contribution in [-0.2, 0) is 24.0 Å². The molecule has 2 aliphatic rings. The lowest BCUT2D eigenvalue weighted by Gasteiger charge is -2.25. The average molecular weight is 526 g/mol. The molecule has 210 valence electrons. The van der Waals surface area contributed by atoms with Gasteiger partial charge in [0.15, 0.2) is 0 Å². The Balaban J connectivity index is 0. The molecule has 15 nitrogen and oxygen atoms in total. The third-order valence-corrected chi connectivity index (χ3v) is 4.75. The summed E-state index contributed by atoms with van der Waals surface area (Å²) in [6, 6.07) is -0.537. The fraction of sp³-hybridized carbons (Fsp3) is 0.762. The maximum atomic E-state index is 10.2. The number of aliphatic carboxylic acids is 5. The predicted molar refractivity (Wildman–Crippen MR) is 122 cm³/mol. The Labute approximate surface area is 208 Å². The molecule has 2 rings (SSSR count). The van der Waals surface area contributed by atoms with E-state index < -0.39 is 48.3 Å². The highest BCUT2D eigenvalue weighted by molar-refractivity contribution is 5.86. The molecule has 8 N–H and O–H groups in total. The van der Waals surface area contributed by atoms with E-state index in [2.05, 4.69) is 31.8 Å². The molecule has 15 heteroatoms. The summed E-state index contributed by atoms with van der Waals surface area (Å²) in [7, 11) is 6.16. The molecule has 0 saturated carbocycles. The van der Waals surface area contributed by atoms with E-state index >= 15 is 0 Å². The number of carbonyl (C=O) groups is 5. The number of carboxylic acids is 5. The zero-order valence-corrected chi connectivity index (χ0v) is 20.8. The first kappa shape index (κ1) is 35.3. The maximum Gasteiger partial charge on any atom is 0.320 e. The third kappa shape index (κ3) is 18.5. The molecule has 2 unspecified atom stereocenters. The number of carbonyl (C=O) groups excluding carboxylic acids is 1. The van der Waals surface area contributed by atoms with E-state index in [9.17, 15) is 29.1 Å². The van der Waals surface area contributed by atoms with E-state index in [1.165, 1.54) is 0 Å². The van der Waals surface area contributed by atoms with Crippen LogP contribution in [0.3, 0.4) is 0 Å². The van der Waals surface area contributed by atoms with E-state index in [-0.39, 0.29) is 18.7 Å². The van der Waals surface area contributed by atoms with E-state index in [4.69, 9.17) is 30.6 Å². The number of hydrogen-bond acceptors (Lipinski definition) is 10. The molecule has 2 aliphatic heterocycles. The molecule has 0 aromatic heterocycles. The number of nitrogens with one attached hydrogen (secondary N) is 2. The number of nitrogens with zero attached hydrogens (tertiary/aromatic N) is 1. The molecule has 0 radical (unpaired) electrons. The Bertz CT molecular complexity index is 669. The van der Waals surface area contributed by atoms with Gasteiger partial charge in [-0.15, -0.1) is 0 Å².